The Morgan fingerprint density at radius 2 is 1.80 bits per heavy atom. The Balaban J connectivity index is 2.13. The molecule has 100 valence electrons. The Bertz CT molecular complexity index is 695. The number of carbonyl (C=O) groups excluding carboxylic acids is 1. The van der Waals surface area contributed by atoms with Crippen LogP contribution in [0.3, 0.4) is 0 Å². The second-order valence-corrected chi connectivity index (χ2v) is 4.76. The second-order valence-electron chi connectivity index (χ2n) is 3.89. The second kappa shape index (κ2) is 6.29. The summed E-state index contributed by atoms with van der Waals surface area (Å²) in [5.41, 5.74) is 1.23. The molecule has 0 aliphatic heterocycles. The molecule has 0 aromatic heterocycles. The molecule has 0 unspecified atom stereocenters. The van der Waals surface area contributed by atoms with Gasteiger partial charge in [-0.05, 0) is 36.4 Å². The largest absolute Gasteiger partial charge is 0.323 e. The Morgan fingerprint density at radius 1 is 1.05 bits per heavy atom. The zero-order valence-electron chi connectivity index (χ0n) is 10.2. The molecule has 0 fully saturated rings. The molecule has 0 aliphatic carbocycles. The quantitative estimate of drug-likeness (QED) is 0.857. The minimum Gasteiger partial charge on any atom is -0.308 e. The van der Waals surface area contributed by atoms with E-state index >= 15 is 0 Å². The van der Waals surface area contributed by atoms with Gasteiger partial charge in [0.15, 0.2) is 0 Å². The van der Waals surface area contributed by atoms with Gasteiger partial charge in [-0.2, -0.15) is 5.26 Å². The summed E-state index contributed by atoms with van der Waals surface area (Å²) in [5.74, 6) is 0. The van der Waals surface area contributed by atoms with E-state index in [1.165, 1.54) is 12.1 Å². The van der Waals surface area contributed by atoms with Gasteiger partial charge in [-0.1, -0.05) is 29.3 Å². The molecule has 0 spiro atoms. The molecule has 2 rings (SSSR count). The maximum Gasteiger partial charge on any atom is 0.323 e. The van der Waals surface area contributed by atoms with Crippen molar-refractivity contribution in [1.29, 1.82) is 5.26 Å². The minimum atomic E-state index is -0.481. The molecule has 20 heavy (non-hydrogen) atoms. The van der Waals surface area contributed by atoms with Crippen LogP contribution in [0.4, 0.5) is 16.2 Å². The maximum absolute atomic E-state index is 11.9. The number of anilines is 2. The van der Waals surface area contributed by atoms with Gasteiger partial charge in [0.25, 0.3) is 0 Å². The fourth-order valence-corrected chi connectivity index (χ4v) is 1.93. The van der Waals surface area contributed by atoms with Gasteiger partial charge in [-0.25, -0.2) is 4.79 Å². The fourth-order valence-electron chi connectivity index (χ4n) is 1.57. The third-order valence-electron chi connectivity index (χ3n) is 2.43. The highest BCUT2D eigenvalue weighted by molar-refractivity contribution is 6.31. The lowest BCUT2D eigenvalue weighted by Gasteiger charge is -2.09. The molecular formula is C14H9Cl2N3O. The zero-order chi connectivity index (χ0) is 14.5. The van der Waals surface area contributed by atoms with Gasteiger partial charge >= 0.3 is 6.03 Å². The molecule has 2 N–H and O–H groups in total. The van der Waals surface area contributed by atoms with E-state index in [1.807, 2.05) is 6.07 Å². The summed E-state index contributed by atoms with van der Waals surface area (Å²) in [6.45, 7) is 0. The predicted molar refractivity (Wildman–Crippen MR) is 80.3 cm³/mol. The number of hydrogen-bond acceptors (Lipinski definition) is 2. The lowest BCUT2D eigenvalue weighted by Crippen LogP contribution is -2.20. The third-order valence-corrected chi connectivity index (χ3v) is 2.90. The molecule has 0 heterocycles. The SMILES string of the molecule is N#Cc1ccc(Cl)cc1NC(=O)Nc1cccc(Cl)c1. The maximum atomic E-state index is 11.9. The number of nitrogens with zero attached hydrogens (tertiary/aromatic N) is 1. The number of nitriles is 1. The average Bonchev–Trinajstić information content (AvgIpc) is 2.38. The molecule has 0 bridgehead atoms. The zero-order valence-corrected chi connectivity index (χ0v) is 11.7. The van der Waals surface area contributed by atoms with Gasteiger partial charge in [0.05, 0.1) is 11.3 Å². The molecule has 0 radical (unpaired) electrons. The average molecular weight is 306 g/mol. The van der Waals surface area contributed by atoms with Crippen LogP contribution in [0.5, 0.6) is 0 Å². The summed E-state index contributed by atoms with van der Waals surface area (Å²) in [5, 5.41) is 15.1. The van der Waals surface area contributed by atoms with Crippen LogP contribution in [0.1, 0.15) is 5.56 Å². The van der Waals surface area contributed by atoms with Crippen molar-refractivity contribution in [2.45, 2.75) is 0 Å². The molecule has 2 aromatic carbocycles. The summed E-state index contributed by atoms with van der Waals surface area (Å²) >= 11 is 11.7. The van der Waals surface area contributed by atoms with E-state index in [9.17, 15) is 4.79 Å². The van der Waals surface area contributed by atoms with Crippen molar-refractivity contribution in [2.24, 2.45) is 0 Å². The van der Waals surface area contributed by atoms with Crippen LogP contribution in [-0.4, -0.2) is 6.03 Å². The van der Waals surface area contributed by atoms with E-state index in [1.54, 1.807) is 30.3 Å². The minimum absolute atomic E-state index is 0.329. The lowest BCUT2D eigenvalue weighted by molar-refractivity contribution is 0.262. The van der Waals surface area contributed by atoms with E-state index in [0.717, 1.165) is 0 Å². The summed E-state index contributed by atoms with van der Waals surface area (Å²) in [7, 11) is 0. The van der Waals surface area contributed by atoms with E-state index in [0.29, 0.717) is 27.0 Å². The van der Waals surface area contributed by atoms with Crippen LogP contribution in [0, 0.1) is 11.3 Å². The number of rotatable bonds is 2. The first-order chi connectivity index (χ1) is 9.58. The fraction of sp³-hybridized carbons (Fsp3) is 0. The van der Waals surface area contributed by atoms with Crippen molar-refractivity contribution >= 4 is 40.6 Å². The first kappa shape index (κ1) is 14.2. The van der Waals surface area contributed by atoms with Crippen molar-refractivity contribution < 1.29 is 4.79 Å². The number of urea groups is 1. The Hall–Kier alpha value is -2.22. The Kier molecular flexibility index (Phi) is 4.46. The van der Waals surface area contributed by atoms with Gasteiger partial charge in [-0.3, -0.25) is 0 Å². The van der Waals surface area contributed by atoms with Crippen LogP contribution >= 0.6 is 23.2 Å². The van der Waals surface area contributed by atoms with Gasteiger partial charge in [0, 0.05) is 15.7 Å². The highest BCUT2D eigenvalue weighted by atomic mass is 35.5. The van der Waals surface area contributed by atoms with Crippen molar-refractivity contribution in [3.8, 4) is 6.07 Å². The normalized spacial score (nSPS) is 9.65. The number of benzene rings is 2. The van der Waals surface area contributed by atoms with Crippen molar-refractivity contribution in [2.75, 3.05) is 10.6 Å². The summed E-state index contributed by atoms with van der Waals surface area (Å²) in [6.07, 6.45) is 0. The highest BCUT2D eigenvalue weighted by Gasteiger charge is 2.08. The van der Waals surface area contributed by atoms with Crippen LogP contribution in [0.15, 0.2) is 42.5 Å². The topological polar surface area (TPSA) is 64.9 Å². The molecule has 4 nitrogen and oxygen atoms in total. The molecular weight excluding hydrogens is 297 g/mol. The number of nitrogens with one attached hydrogen (secondary N) is 2. The van der Waals surface area contributed by atoms with Gasteiger partial charge < -0.3 is 10.6 Å². The van der Waals surface area contributed by atoms with Crippen LogP contribution < -0.4 is 10.6 Å². The van der Waals surface area contributed by atoms with Crippen molar-refractivity contribution in [1.82, 2.24) is 0 Å². The number of amides is 2. The highest BCUT2D eigenvalue weighted by Crippen LogP contribution is 2.21. The monoisotopic (exact) mass is 305 g/mol. The van der Waals surface area contributed by atoms with Gasteiger partial charge in [-0.15, -0.1) is 0 Å². The molecule has 0 saturated heterocycles. The number of hydrogen-bond donors (Lipinski definition) is 2. The first-order valence-corrected chi connectivity index (χ1v) is 6.37. The summed E-state index contributed by atoms with van der Waals surface area (Å²) < 4.78 is 0. The predicted octanol–water partition coefficient (Wildman–Crippen LogP) is 4.51. The molecule has 2 aromatic rings. The lowest BCUT2D eigenvalue weighted by atomic mass is 10.2. The number of carbonyl (C=O) groups is 1. The van der Waals surface area contributed by atoms with Crippen molar-refractivity contribution in [3.05, 3.63) is 58.1 Å². The first-order valence-electron chi connectivity index (χ1n) is 5.62. The van der Waals surface area contributed by atoms with Crippen LogP contribution in [-0.2, 0) is 0 Å². The summed E-state index contributed by atoms with van der Waals surface area (Å²) in [6, 6.07) is 12.9. The van der Waals surface area contributed by atoms with Gasteiger partial charge in [0.2, 0.25) is 0 Å². The van der Waals surface area contributed by atoms with Crippen molar-refractivity contribution in [3.63, 3.8) is 0 Å². The molecule has 0 atom stereocenters. The smallest absolute Gasteiger partial charge is 0.308 e. The summed E-state index contributed by atoms with van der Waals surface area (Å²) in [4.78, 5) is 11.9. The standard InChI is InChI=1S/C14H9Cl2N3O/c15-10-2-1-3-12(6-10)18-14(20)19-13-7-11(16)5-4-9(13)8-17/h1-7H,(H2,18,19,20). The van der Waals surface area contributed by atoms with E-state index < -0.39 is 6.03 Å². The molecule has 0 aliphatic rings. The Labute approximate surface area is 125 Å². The van der Waals surface area contributed by atoms with E-state index in [4.69, 9.17) is 28.5 Å². The third kappa shape index (κ3) is 3.64. The van der Waals surface area contributed by atoms with E-state index in [2.05, 4.69) is 10.6 Å². The number of halogens is 2. The Morgan fingerprint density at radius 3 is 2.50 bits per heavy atom. The van der Waals surface area contributed by atoms with Crippen LogP contribution in [0.25, 0.3) is 0 Å². The molecule has 2 amide bonds. The van der Waals surface area contributed by atoms with E-state index in [-0.39, 0.29) is 0 Å². The molecule has 0 saturated carbocycles. The van der Waals surface area contributed by atoms with Crippen LogP contribution in [0.2, 0.25) is 10.0 Å². The van der Waals surface area contributed by atoms with Gasteiger partial charge in [0.1, 0.15) is 6.07 Å². The molecule has 6 heteroatoms.